The Hall–Kier alpha value is -0.400. The number of amides is 1. The van der Waals surface area contributed by atoms with E-state index in [-0.39, 0.29) is 11.8 Å². The summed E-state index contributed by atoms with van der Waals surface area (Å²) in [5.41, 5.74) is 0. The summed E-state index contributed by atoms with van der Waals surface area (Å²) in [6.45, 7) is 2.66. The van der Waals surface area contributed by atoms with Gasteiger partial charge in [-0.25, -0.2) is 0 Å². The maximum atomic E-state index is 12.2. The minimum atomic E-state index is -0.827. The van der Waals surface area contributed by atoms with Crippen molar-refractivity contribution in [2.24, 2.45) is 11.8 Å². The Morgan fingerprint density at radius 3 is 2.56 bits per heavy atom. The first-order valence-corrected chi connectivity index (χ1v) is 7.77. The van der Waals surface area contributed by atoms with Crippen LogP contribution in [0, 0.1) is 11.8 Å². The van der Waals surface area contributed by atoms with Crippen LogP contribution < -0.4 is 0 Å². The van der Waals surface area contributed by atoms with Crippen molar-refractivity contribution < 1.29 is 14.7 Å². The van der Waals surface area contributed by atoms with E-state index in [1.807, 2.05) is 6.92 Å². The number of carbonyl (C=O) groups excluding carboxylic acids is 1. The Bertz CT molecular complexity index is 483. The second kappa shape index (κ2) is 5.30. The molecule has 1 aliphatic rings. The van der Waals surface area contributed by atoms with E-state index in [1.54, 1.807) is 11.0 Å². The molecule has 2 atom stereocenters. The number of hydrogen-bond acceptors (Lipinski definition) is 3. The SMILES string of the molecule is CC1CN(C(=O)c2cc(Br)c(Br)s2)CC1C(=O)O. The molecule has 7 heteroatoms. The molecule has 2 heterocycles. The highest BCUT2D eigenvalue weighted by Crippen LogP contribution is 2.34. The fourth-order valence-corrected chi connectivity index (χ4v) is 4.07. The van der Waals surface area contributed by atoms with Crippen LogP contribution in [0.3, 0.4) is 0 Å². The second-order valence-electron chi connectivity index (χ2n) is 4.36. The van der Waals surface area contributed by atoms with Crippen LogP contribution in [0.25, 0.3) is 0 Å². The molecular weight excluding hydrogens is 386 g/mol. The summed E-state index contributed by atoms with van der Waals surface area (Å²) in [4.78, 5) is 25.5. The topological polar surface area (TPSA) is 57.6 Å². The number of hydrogen-bond donors (Lipinski definition) is 1. The van der Waals surface area contributed by atoms with Gasteiger partial charge in [-0.3, -0.25) is 9.59 Å². The highest BCUT2D eigenvalue weighted by molar-refractivity contribution is 9.13. The third kappa shape index (κ3) is 2.62. The molecular formula is C11H11Br2NO3S. The molecule has 0 aromatic carbocycles. The van der Waals surface area contributed by atoms with Gasteiger partial charge in [0.15, 0.2) is 0 Å². The Kier molecular flexibility index (Phi) is 4.13. The summed E-state index contributed by atoms with van der Waals surface area (Å²) in [5.74, 6) is -1.38. The lowest BCUT2D eigenvalue weighted by molar-refractivity contribution is -0.142. The Morgan fingerprint density at radius 2 is 2.11 bits per heavy atom. The minimum absolute atomic E-state index is 0.00158. The number of likely N-dealkylation sites (tertiary alicyclic amines) is 1. The number of thiophene rings is 1. The average molecular weight is 397 g/mol. The van der Waals surface area contributed by atoms with Crippen LogP contribution in [0.15, 0.2) is 14.3 Å². The van der Waals surface area contributed by atoms with Gasteiger partial charge in [0.05, 0.1) is 14.6 Å². The van der Waals surface area contributed by atoms with Gasteiger partial charge in [0.2, 0.25) is 0 Å². The zero-order chi connectivity index (χ0) is 13.4. The third-order valence-corrected chi connectivity index (χ3v) is 6.32. The van der Waals surface area contributed by atoms with Crippen molar-refractivity contribution in [3.05, 3.63) is 19.2 Å². The molecule has 1 N–H and O–H groups in total. The number of rotatable bonds is 2. The summed E-state index contributed by atoms with van der Waals surface area (Å²) >= 11 is 8.04. The fourth-order valence-electron chi connectivity index (χ4n) is 2.06. The largest absolute Gasteiger partial charge is 0.481 e. The number of halogens is 2. The van der Waals surface area contributed by atoms with Crippen molar-refractivity contribution in [3.8, 4) is 0 Å². The molecule has 1 saturated heterocycles. The number of carboxylic acids is 1. The number of nitrogens with zero attached hydrogens (tertiary/aromatic N) is 1. The summed E-state index contributed by atoms with van der Waals surface area (Å²) in [7, 11) is 0. The molecule has 98 valence electrons. The predicted octanol–water partition coefficient (Wildman–Crippen LogP) is 3.07. The van der Waals surface area contributed by atoms with Crippen LogP contribution in [-0.4, -0.2) is 35.0 Å². The van der Waals surface area contributed by atoms with Crippen LogP contribution >= 0.6 is 43.2 Å². The van der Waals surface area contributed by atoms with Gasteiger partial charge in [-0.15, -0.1) is 11.3 Å². The van der Waals surface area contributed by atoms with E-state index >= 15 is 0 Å². The first-order chi connectivity index (χ1) is 8.40. The van der Waals surface area contributed by atoms with E-state index in [1.165, 1.54) is 11.3 Å². The molecule has 0 bridgehead atoms. The van der Waals surface area contributed by atoms with E-state index in [0.29, 0.717) is 18.0 Å². The van der Waals surface area contributed by atoms with Gasteiger partial charge in [-0.1, -0.05) is 6.92 Å². The third-order valence-electron chi connectivity index (χ3n) is 3.07. The van der Waals surface area contributed by atoms with Gasteiger partial charge in [-0.2, -0.15) is 0 Å². The summed E-state index contributed by atoms with van der Waals surface area (Å²) in [6.07, 6.45) is 0. The molecule has 18 heavy (non-hydrogen) atoms. The fraction of sp³-hybridized carbons (Fsp3) is 0.455. The lowest BCUT2D eigenvalue weighted by Crippen LogP contribution is -2.29. The Balaban J connectivity index is 2.14. The zero-order valence-corrected chi connectivity index (χ0v) is 13.5. The van der Waals surface area contributed by atoms with Gasteiger partial charge < -0.3 is 10.0 Å². The van der Waals surface area contributed by atoms with Crippen molar-refractivity contribution in [2.75, 3.05) is 13.1 Å². The maximum absolute atomic E-state index is 12.2. The molecule has 1 aliphatic heterocycles. The molecule has 1 aromatic rings. The molecule has 2 unspecified atom stereocenters. The first kappa shape index (κ1) is 14.0. The average Bonchev–Trinajstić information content (AvgIpc) is 2.82. The molecule has 4 nitrogen and oxygen atoms in total. The van der Waals surface area contributed by atoms with Crippen molar-refractivity contribution in [3.63, 3.8) is 0 Å². The molecule has 0 aliphatic carbocycles. The normalized spacial score (nSPS) is 23.4. The molecule has 1 aromatic heterocycles. The van der Waals surface area contributed by atoms with Crippen LogP contribution in [0.5, 0.6) is 0 Å². The summed E-state index contributed by atoms with van der Waals surface area (Å²) < 4.78 is 1.71. The van der Waals surface area contributed by atoms with Crippen LogP contribution in [0.4, 0.5) is 0 Å². The maximum Gasteiger partial charge on any atom is 0.308 e. The standard InChI is InChI=1S/C11H11Br2NO3S/c1-5-3-14(4-6(5)11(16)17)10(15)8-2-7(12)9(13)18-8/h2,5-6H,3-4H2,1H3,(H,16,17). The molecule has 0 spiro atoms. The summed E-state index contributed by atoms with van der Waals surface area (Å²) in [6, 6.07) is 1.76. The first-order valence-electron chi connectivity index (χ1n) is 5.37. The van der Waals surface area contributed by atoms with Crippen molar-refractivity contribution >= 4 is 55.1 Å². The number of carboxylic acid groups (broad SMARTS) is 1. The molecule has 2 rings (SSSR count). The smallest absolute Gasteiger partial charge is 0.308 e. The lowest BCUT2D eigenvalue weighted by atomic mass is 9.99. The van der Waals surface area contributed by atoms with E-state index in [2.05, 4.69) is 31.9 Å². The highest BCUT2D eigenvalue weighted by Gasteiger charge is 2.37. The van der Waals surface area contributed by atoms with E-state index in [0.717, 1.165) is 8.26 Å². The van der Waals surface area contributed by atoms with Gasteiger partial charge in [0, 0.05) is 17.6 Å². The number of aliphatic carboxylic acids is 1. The van der Waals surface area contributed by atoms with E-state index < -0.39 is 11.9 Å². The molecule has 0 radical (unpaired) electrons. The van der Waals surface area contributed by atoms with E-state index in [9.17, 15) is 9.59 Å². The van der Waals surface area contributed by atoms with Crippen LogP contribution in [0.1, 0.15) is 16.6 Å². The minimum Gasteiger partial charge on any atom is -0.481 e. The summed E-state index contributed by atoms with van der Waals surface area (Å²) in [5, 5.41) is 9.05. The van der Waals surface area contributed by atoms with E-state index in [4.69, 9.17) is 5.11 Å². The highest BCUT2D eigenvalue weighted by atomic mass is 79.9. The van der Waals surface area contributed by atoms with Gasteiger partial charge >= 0.3 is 5.97 Å². The van der Waals surface area contributed by atoms with Crippen molar-refractivity contribution in [1.29, 1.82) is 0 Å². The predicted molar refractivity (Wildman–Crippen MR) is 75.9 cm³/mol. The molecule has 1 fully saturated rings. The molecule has 1 amide bonds. The monoisotopic (exact) mass is 395 g/mol. The zero-order valence-electron chi connectivity index (χ0n) is 9.52. The van der Waals surface area contributed by atoms with Gasteiger partial charge in [-0.05, 0) is 43.8 Å². The van der Waals surface area contributed by atoms with Gasteiger partial charge in [0.25, 0.3) is 5.91 Å². The Labute approximate surface area is 125 Å². The van der Waals surface area contributed by atoms with Crippen LogP contribution in [-0.2, 0) is 4.79 Å². The second-order valence-corrected chi connectivity index (χ2v) is 7.59. The van der Waals surface area contributed by atoms with Crippen molar-refractivity contribution in [2.45, 2.75) is 6.92 Å². The van der Waals surface area contributed by atoms with Crippen LogP contribution in [0.2, 0.25) is 0 Å². The number of carbonyl (C=O) groups is 2. The molecule has 0 saturated carbocycles. The van der Waals surface area contributed by atoms with Gasteiger partial charge in [0.1, 0.15) is 0 Å². The quantitative estimate of drug-likeness (QED) is 0.835. The Morgan fingerprint density at radius 1 is 1.44 bits per heavy atom. The lowest BCUT2D eigenvalue weighted by Gasteiger charge is -2.14. The van der Waals surface area contributed by atoms with Crippen molar-refractivity contribution in [1.82, 2.24) is 4.90 Å².